The smallest absolute Gasteiger partial charge is 0.191 e. The van der Waals surface area contributed by atoms with Crippen LogP contribution in [0.2, 0.25) is 0 Å². The Morgan fingerprint density at radius 2 is 1.58 bits per heavy atom. The summed E-state index contributed by atoms with van der Waals surface area (Å²) in [6.45, 7) is 2.38. The summed E-state index contributed by atoms with van der Waals surface area (Å²) < 4.78 is 5.18. The fourth-order valence-corrected chi connectivity index (χ4v) is 2.55. The lowest BCUT2D eigenvalue weighted by molar-refractivity contribution is 0.400. The van der Waals surface area contributed by atoms with E-state index in [-0.39, 0.29) is 24.0 Å². The molecular formula is C20H29IN4O. The maximum absolute atomic E-state index is 5.18. The number of nitrogens with zero attached hydrogens (tertiary/aromatic N) is 2. The van der Waals surface area contributed by atoms with Crippen molar-refractivity contribution in [1.29, 1.82) is 0 Å². The summed E-state index contributed by atoms with van der Waals surface area (Å²) >= 11 is 0. The minimum Gasteiger partial charge on any atom is -0.497 e. The zero-order valence-electron chi connectivity index (χ0n) is 16.0. The van der Waals surface area contributed by atoms with Crippen molar-refractivity contribution in [2.75, 3.05) is 28.3 Å². The summed E-state index contributed by atoms with van der Waals surface area (Å²) in [6.07, 6.45) is 0. The third-order valence-corrected chi connectivity index (χ3v) is 3.89. The van der Waals surface area contributed by atoms with Gasteiger partial charge in [0.1, 0.15) is 5.75 Å². The molecule has 2 N–H and O–H groups in total. The molecule has 0 aliphatic heterocycles. The van der Waals surface area contributed by atoms with Gasteiger partial charge in [-0.05, 0) is 42.9 Å². The second kappa shape index (κ2) is 11.7. The van der Waals surface area contributed by atoms with Gasteiger partial charge < -0.3 is 20.3 Å². The van der Waals surface area contributed by atoms with E-state index in [0.717, 1.165) is 24.8 Å². The van der Waals surface area contributed by atoms with E-state index < -0.39 is 0 Å². The minimum atomic E-state index is 0. The Morgan fingerprint density at radius 3 is 2.15 bits per heavy atom. The highest BCUT2D eigenvalue weighted by Gasteiger charge is 2.04. The number of rotatable bonds is 7. The van der Waals surface area contributed by atoms with E-state index in [1.54, 1.807) is 14.2 Å². The van der Waals surface area contributed by atoms with Crippen LogP contribution >= 0.6 is 24.0 Å². The number of ether oxygens (including phenoxy) is 1. The van der Waals surface area contributed by atoms with E-state index >= 15 is 0 Å². The first-order valence-electron chi connectivity index (χ1n) is 8.41. The van der Waals surface area contributed by atoms with Crippen molar-refractivity contribution in [2.45, 2.75) is 19.6 Å². The second-order valence-electron chi connectivity index (χ2n) is 6.13. The van der Waals surface area contributed by atoms with Gasteiger partial charge in [0.25, 0.3) is 0 Å². The number of nitrogens with one attached hydrogen (secondary N) is 2. The molecule has 0 saturated carbocycles. The van der Waals surface area contributed by atoms with E-state index in [1.165, 1.54) is 16.7 Å². The van der Waals surface area contributed by atoms with Gasteiger partial charge in [-0.15, -0.1) is 24.0 Å². The highest BCUT2D eigenvalue weighted by atomic mass is 127. The molecule has 2 rings (SSSR count). The first kappa shape index (κ1) is 22.2. The number of aliphatic imine (C=N–C) groups is 1. The summed E-state index contributed by atoms with van der Waals surface area (Å²) in [4.78, 5) is 6.48. The molecule has 0 spiro atoms. The highest BCUT2D eigenvalue weighted by Crippen LogP contribution is 2.11. The molecule has 2 aromatic rings. The molecule has 0 amide bonds. The highest BCUT2D eigenvalue weighted by molar-refractivity contribution is 14.0. The van der Waals surface area contributed by atoms with Crippen LogP contribution in [0, 0.1) is 0 Å². The molecule has 6 heteroatoms. The number of hydrogen-bond acceptors (Lipinski definition) is 3. The van der Waals surface area contributed by atoms with E-state index in [9.17, 15) is 0 Å². The average Bonchev–Trinajstić information content (AvgIpc) is 2.63. The molecule has 0 aromatic heterocycles. The van der Waals surface area contributed by atoms with E-state index in [4.69, 9.17) is 4.74 Å². The maximum Gasteiger partial charge on any atom is 0.191 e. The molecular weight excluding hydrogens is 439 g/mol. The lowest BCUT2D eigenvalue weighted by Gasteiger charge is -2.16. The van der Waals surface area contributed by atoms with Crippen LogP contribution in [0.4, 0.5) is 0 Å². The third kappa shape index (κ3) is 7.21. The van der Waals surface area contributed by atoms with Gasteiger partial charge in [0.05, 0.1) is 7.11 Å². The van der Waals surface area contributed by atoms with Crippen LogP contribution in [0.3, 0.4) is 0 Å². The normalized spacial score (nSPS) is 11.0. The predicted octanol–water partition coefficient (Wildman–Crippen LogP) is 3.24. The molecule has 0 atom stereocenters. The lowest BCUT2D eigenvalue weighted by Crippen LogP contribution is -2.36. The first-order valence-corrected chi connectivity index (χ1v) is 8.41. The predicted molar refractivity (Wildman–Crippen MR) is 119 cm³/mol. The molecule has 0 unspecified atom stereocenters. The molecule has 0 aliphatic carbocycles. The van der Waals surface area contributed by atoms with Crippen LogP contribution in [-0.4, -0.2) is 39.1 Å². The summed E-state index contributed by atoms with van der Waals surface area (Å²) in [7, 11) is 7.63. The zero-order valence-corrected chi connectivity index (χ0v) is 18.3. The van der Waals surface area contributed by atoms with Gasteiger partial charge in [0.2, 0.25) is 0 Å². The van der Waals surface area contributed by atoms with E-state index in [0.29, 0.717) is 6.54 Å². The summed E-state index contributed by atoms with van der Waals surface area (Å²) in [5, 5.41) is 6.73. The van der Waals surface area contributed by atoms with Crippen molar-refractivity contribution in [3.8, 4) is 5.75 Å². The Kier molecular flexibility index (Phi) is 10.0. The Hall–Kier alpha value is -1.80. The quantitative estimate of drug-likeness (QED) is 0.372. The van der Waals surface area contributed by atoms with Crippen molar-refractivity contribution >= 4 is 29.9 Å². The van der Waals surface area contributed by atoms with Gasteiger partial charge in [-0.2, -0.15) is 0 Å². The fourth-order valence-electron chi connectivity index (χ4n) is 2.55. The topological polar surface area (TPSA) is 48.9 Å². The maximum atomic E-state index is 5.18. The third-order valence-electron chi connectivity index (χ3n) is 3.89. The summed E-state index contributed by atoms with van der Waals surface area (Å²) in [5.74, 6) is 1.65. The zero-order chi connectivity index (χ0) is 18.1. The molecule has 0 bridgehead atoms. The molecule has 0 saturated heterocycles. The monoisotopic (exact) mass is 468 g/mol. The number of benzene rings is 2. The van der Waals surface area contributed by atoms with E-state index in [2.05, 4.69) is 58.9 Å². The number of methoxy groups -OCH3 is 1. The Labute approximate surface area is 173 Å². The van der Waals surface area contributed by atoms with Gasteiger partial charge in [-0.3, -0.25) is 4.99 Å². The second-order valence-corrected chi connectivity index (χ2v) is 6.13. The molecule has 2 aromatic carbocycles. The molecule has 26 heavy (non-hydrogen) atoms. The van der Waals surface area contributed by atoms with Crippen LogP contribution in [0.1, 0.15) is 16.7 Å². The van der Waals surface area contributed by atoms with Crippen molar-refractivity contribution in [1.82, 2.24) is 15.5 Å². The van der Waals surface area contributed by atoms with Gasteiger partial charge >= 0.3 is 0 Å². The first-order chi connectivity index (χ1) is 12.1. The molecule has 0 fully saturated rings. The van der Waals surface area contributed by atoms with Gasteiger partial charge in [-0.1, -0.05) is 36.4 Å². The molecule has 0 heterocycles. The summed E-state index contributed by atoms with van der Waals surface area (Å²) in [6, 6.07) is 16.5. The van der Waals surface area contributed by atoms with Crippen LogP contribution in [0.5, 0.6) is 5.75 Å². The largest absolute Gasteiger partial charge is 0.497 e. The standard InChI is InChI=1S/C20H28N4O.HI/c1-21-20(22-13-16-9-11-19(25-4)12-10-16)23-14-17-7-5-6-8-18(17)15-24(2)3;/h5-12H,13-15H2,1-4H3,(H2,21,22,23);1H. The van der Waals surface area contributed by atoms with Crippen LogP contribution < -0.4 is 15.4 Å². The number of guanidine groups is 1. The lowest BCUT2D eigenvalue weighted by atomic mass is 10.1. The van der Waals surface area contributed by atoms with Crippen LogP contribution in [0.25, 0.3) is 0 Å². The van der Waals surface area contributed by atoms with Crippen LogP contribution in [-0.2, 0) is 19.6 Å². The Bertz CT molecular complexity index is 686. The molecule has 0 radical (unpaired) electrons. The van der Waals surface area contributed by atoms with Crippen molar-refractivity contribution in [3.05, 3.63) is 65.2 Å². The number of halogens is 1. The SMILES string of the molecule is CN=C(NCc1ccc(OC)cc1)NCc1ccccc1CN(C)C.I. The fraction of sp³-hybridized carbons (Fsp3) is 0.350. The van der Waals surface area contributed by atoms with Crippen LogP contribution in [0.15, 0.2) is 53.5 Å². The molecule has 142 valence electrons. The Morgan fingerprint density at radius 1 is 0.962 bits per heavy atom. The molecule has 0 aliphatic rings. The van der Waals surface area contributed by atoms with Gasteiger partial charge in [-0.25, -0.2) is 0 Å². The van der Waals surface area contributed by atoms with Crippen molar-refractivity contribution < 1.29 is 4.74 Å². The average molecular weight is 468 g/mol. The summed E-state index contributed by atoms with van der Waals surface area (Å²) in [5.41, 5.74) is 3.78. The van der Waals surface area contributed by atoms with Crippen molar-refractivity contribution in [2.24, 2.45) is 4.99 Å². The number of hydrogen-bond donors (Lipinski definition) is 2. The van der Waals surface area contributed by atoms with E-state index in [1.807, 2.05) is 24.3 Å². The Balaban J connectivity index is 0.00000338. The van der Waals surface area contributed by atoms with Gasteiger partial charge in [0.15, 0.2) is 5.96 Å². The van der Waals surface area contributed by atoms with Crippen molar-refractivity contribution in [3.63, 3.8) is 0 Å². The molecule has 5 nitrogen and oxygen atoms in total. The minimum absolute atomic E-state index is 0. The van der Waals surface area contributed by atoms with Gasteiger partial charge in [0, 0.05) is 26.7 Å².